The van der Waals surface area contributed by atoms with Crippen molar-refractivity contribution in [1.29, 1.82) is 0 Å². The molecule has 3 atom stereocenters. The molecule has 0 bridgehead atoms. The van der Waals surface area contributed by atoms with Gasteiger partial charge in [0.05, 0.1) is 0 Å². The van der Waals surface area contributed by atoms with Crippen molar-refractivity contribution in [1.82, 2.24) is 10.2 Å². The van der Waals surface area contributed by atoms with E-state index < -0.39 is 0 Å². The molecule has 0 unspecified atom stereocenters. The van der Waals surface area contributed by atoms with Gasteiger partial charge in [0, 0.05) is 31.6 Å². The Hall–Kier alpha value is -1.35. The van der Waals surface area contributed by atoms with Gasteiger partial charge in [-0.2, -0.15) is 0 Å². The van der Waals surface area contributed by atoms with Gasteiger partial charge in [0.2, 0.25) is 5.91 Å². The van der Waals surface area contributed by atoms with Crippen molar-refractivity contribution in [2.75, 3.05) is 13.1 Å². The van der Waals surface area contributed by atoms with E-state index in [1.54, 1.807) is 0 Å². The minimum atomic E-state index is 0.284. The maximum Gasteiger partial charge on any atom is 0.222 e. The minimum Gasteiger partial charge on any atom is -0.342 e. The molecule has 0 spiro atoms. The van der Waals surface area contributed by atoms with Gasteiger partial charge in [0.1, 0.15) is 0 Å². The summed E-state index contributed by atoms with van der Waals surface area (Å²) in [4.78, 5) is 13.8. The first-order valence-electron chi connectivity index (χ1n) is 7.70. The normalized spacial score (nSPS) is 24.4. The third-order valence-electron chi connectivity index (χ3n) is 4.32. The van der Waals surface area contributed by atoms with Gasteiger partial charge in [0.25, 0.3) is 0 Å². The Morgan fingerprint density at radius 3 is 2.70 bits per heavy atom. The lowest BCUT2D eigenvalue weighted by atomic mass is 9.92. The van der Waals surface area contributed by atoms with Crippen LogP contribution in [0, 0.1) is 5.92 Å². The highest BCUT2D eigenvalue weighted by Gasteiger charge is 2.28. The van der Waals surface area contributed by atoms with Crippen molar-refractivity contribution < 1.29 is 4.79 Å². The summed E-state index contributed by atoms with van der Waals surface area (Å²) in [6, 6.07) is 11.4. The maximum atomic E-state index is 11.8. The second-order valence-electron chi connectivity index (χ2n) is 5.86. The molecular formula is C17H26N2O. The molecule has 1 aromatic rings. The summed E-state index contributed by atoms with van der Waals surface area (Å²) >= 11 is 0. The predicted molar refractivity (Wildman–Crippen MR) is 82.4 cm³/mol. The molecule has 2 rings (SSSR count). The monoisotopic (exact) mass is 274 g/mol. The highest BCUT2D eigenvalue weighted by Crippen LogP contribution is 2.21. The Kier molecular flexibility index (Phi) is 5.18. The van der Waals surface area contributed by atoms with Crippen molar-refractivity contribution in [2.45, 2.75) is 45.7 Å². The number of benzene rings is 1. The van der Waals surface area contributed by atoms with Crippen LogP contribution in [-0.2, 0) is 4.79 Å². The number of nitrogens with one attached hydrogen (secondary N) is 1. The number of likely N-dealkylation sites (tertiary alicyclic amines) is 1. The van der Waals surface area contributed by atoms with Gasteiger partial charge in [-0.3, -0.25) is 4.79 Å². The van der Waals surface area contributed by atoms with E-state index in [9.17, 15) is 4.79 Å². The number of amides is 1. The number of hydrogen-bond donors (Lipinski definition) is 1. The van der Waals surface area contributed by atoms with Crippen LogP contribution in [0.4, 0.5) is 0 Å². The molecule has 20 heavy (non-hydrogen) atoms. The maximum absolute atomic E-state index is 11.8. The van der Waals surface area contributed by atoms with Crippen molar-refractivity contribution in [3.05, 3.63) is 35.9 Å². The van der Waals surface area contributed by atoms with E-state index in [4.69, 9.17) is 0 Å². The topological polar surface area (TPSA) is 32.3 Å². The Labute approximate surface area is 122 Å². The number of hydrogen-bond acceptors (Lipinski definition) is 2. The van der Waals surface area contributed by atoms with Crippen LogP contribution >= 0.6 is 0 Å². The van der Waals surface area contributed by atoms with E-state index in [1.807, 2.05) is 17.9 Å². The van der Waals surface area contributed by atoms with Crippen LogP contribution in [0.5, 0.6) is 0 Å². The van der Waals surface area contributed by atoms with Crippen LogP contribution in [0.25, 0.3) is 0 Å². The molecule has 0 radical (unpaired) electrons. The number of carbonyl (C=O) groups excluding carboxylic acids is 1. The number of piperidine rings is 1. The average molecular weight is 274 g/mol. The lowest BCUT2D eigenvalue weighted by Gasteiger charge is -2.38. The van der Waals surface area contributed by atoms with Crippen LogP contribution in [0.2, 0.25) is 0 Å². The number of rotatable bonds is 4. The molecule has 1 fully saturated rings. The fraction of sp³-hybridized carbons (Fsp3) is 0.588. The molecule has 3 heteroatoms. The smallest absolute Gasteiger partial charge is 0.222 e. The van der Waals surface area contributed by atoms with E-state index in [0.717, 1.165) is 19.5 Å². The molecule has 1 aliphatic rings. The zero-order chi connectivity index (χ0) is 14.5. The van der Waals surface area contributed by atoms with Crippen molar-refractivity contribution >= 4 is 5.91 Å². The molecule has 1 saturated heterocycles. The SMILES string of the molecule is CCC(=O)N1CC[C@H](N[C@@H](C)c2ccccc2)[C@@H](C)C1. The molecule has 0 aromatic heterocycles. The Balaban J connectivity index is 1.90. The van der Waals surface area contributed by atoms with Crippen LogP contribution < -0.4 is 5.32 Å². The van der Waals surface area contributed by atoms with Crippen molar-refractivity contribution in [2.24, 2.45) is 5.92 Å². The summed E-state index contributed by atoms with van der Waals surface area (Å²) in [5, 5.41) is 3.72. The van der Waals surface area contributed by atoms with Crippen molar-refractivity contribution in [3.63, 3.8) is 0 Å². The van der Waals surface area contributed by atoms with Gasteiger partial charge in [-0.15, -0.1) is 0 Å². The van der Waals surface area contributed by atoms with Gasteiger partial charge in [-0.25, -0.2) is 0 Å². The second kappa shape index (κ2) is 6.89. The Morgan fingerprint density at radius 1 is 1.40 bits per heavy atom. The van der Waals surface area contributed by atoms with E-state index in [2.05, 4.69) is 43.4 Å². The van der Waals surface area contributed by atoms with Gasteiger partial charge in [0.15, 0.2) is 0 Å². The fourth-order valence-corrected chi connectivity index (χ4v) is 3.00. The lowest BCUT2D eigenvalue weighted by molar-refractivity contribution is -0.132. The highest BCUT2D eigenvalue weighted by atomic mass is 16.2. The van der Waals surface area contributed by atoms with Gasteiger partial charge < -0.3 is 10.2 Å². The number of nitrogens with zero attached hydrogens (tertiary/aromatic N) is 1. The molecule has 0 saturated carbocycles. The standard InChI is InChI=1S/C17H26N2O/c1-4-17(20)19-11-10-16(13(2)12-19)18-14(3)15-8-6-5-7-9-15/h5-9,13-14,16,18H,4,10-12H2,1-3H3/t13-,14-,16-/m0/s1. The molecule has 110 valence electrons. The zero-order valence-electron chi connectivity index (χ0n) is 12.8. The first-order valence-corrected chi connectivity index (χ1v) is 7.70. The quantitative estimate of drug-likeness (QED) is 0.915. The van der Waals surface area contributed by atoms with E-state index in [-0.39, 0.29) is 5.91 Å². The fourth-order valence-electron chi connectivity index (χ4n) is 3.00. The van der Waals surface area contributed by atoms with Crippen LogP contribution in [-0.4, -0.2) is 29.9 Å². The van der Waals surface area contributed by atoms with E-state index >= 15 is 0 Å². The van der Waals surface area contributed by atoms with Crippen LogP contribution in [0.1, 0.15) is 45.2 Å². The summed E-state index contributed by atoms with van der Waals surface area (Å²) in [7, 11) is 0. The summed E-state index contributed by atoms with van der Waals surface area (Å²) in [6.07, 6.45) is 1.66. The van der Waals surface area contributed by atoms with Crippen LogP contribution in [0.15, 0.2) is 30.3 Å². The summed E-state index contributed by atoms with van der Waals surface area (Å²) in [6.45, 7) is 8.16. The first kappa shape index (κ1) is 15.0. The molecule has 1 amide bonds. The van der Waals surface area contributed by atoms with E-state index in [1.165, 1.54) is 5.56 Å². The first-order chi connectivity index (χ1) is 9.61. The Bertz CT molecular complexity index is 432. The molecule has 0 aliphatic carbocycles. The molecule has 1 heterocycles. The summed E-state index contributed by atoms with van der Waals surface area (Å²) in [5.74, 6) is 0.789. The molecule has 1 aromatic carbocycles. The minimum absolute atomic E-state index is 0.284. The van der Waals surface area contributed by atoms with Crippen LogP contribution in [0.3, 0.4) is 0 Å². The van der Waals surface area contributed by atoms with E-state index in [0.29, 0.717) is 24.4 Å². The highest BCUT2D eigenvalue weighted by molar-refractivity contribution is 5.75. The summed E-state index contributed by atoms with van der Waals surface area (Å²) in [5.41, 5.74) is 1.33. The zero-order valence-corrected chi connectivity index (χ0v) is 12.8. The average Bonchev–Trinajstić information content (AvgIpc) is 2.49. The summed E-state index contributed by atoms with van der Waals surface area (Å²) < 4.78 is 0. The lowest BCUT2D eigenvalue weighted by Crippen LogP contribution is -2.50. The largest absolute Gasteiger partial charge is 0.342 e. The number of carbonyl (C=O) groups is 1. The molecule has 1 N–H and O–H groups in total. The third kappa shape index (κ3) is 3.60. The van der Waals surface area contributed by atoms with Crippen molar-refractivity contribution in [3.8, 4) is 0 Å². The molecule has 1 aliphatic heterocycles. The third-order valence-corrected chi connectivity index (χ3v) is 4.32. The van der Waals surface area contributed by atoms with Gasteiger partial charge in [-0.1, -0.05) is 44.2 Å². The second-order valence-corrected chi connectivity index (χ2v) is 5.86. The molecular weight excluding hydrogens is 248 g/mol. The predicted octanol–water partition coefficient (Wildman–Crippen LogP) is 2.98. The molecule has 3 nitrogen and oxygen atoms in total. The van der Waals surface area contributed by atoms with Gasteiger partial charge in [-0.05, 0) is 24.8 Å². The van der Waals surface area contributed by atoms with Gasteiger partial charge >= 0.3 is 0 Å². The Morgan fingerprint density at radius 2 is 2.10 bits per heavy atom.